The van der Waals surface area contributed by atoms with Crippen LogP contribution in [-0.4, -0.2) is 23.1 Å². The average Bonchev–Trinajstić information content (AvgIpc) is 2.19. The third-order valence-electron chi connectivity index (χ3n) is 2.51. The van der Waals surface area contributed by atoms with Crippen molar-refractivity contribution in [3.05, 3.63) is 23.8 Å². The van der Waals surface area contributed by atoms with Gasteiger partial charge in [0.2, 0.25) is 0 Å². The Bertz CT molecular complexity index is 279. The van der Waals surface area contributed by atoms with Gasteiger partial charge < -0.3 is 5.32 Å². The Balaban J connectivity index is 2.14. The first kappa shape index (κ1) is 8.63. The molecule has 1 unspecified atom stereocenters. The van der Waals surface area contributed by atoms with E-state index in [9.17, 15) is 0 Å². The first-order chi connectivity index (χ1) is 6.36. The molecular formula is C10H15N3. The Morgan fingerprint density at radius 1 is 1.54 bits per heavy atom. The summed E-state index contributed by atoms with van der Waals surface area (Å²) in [5.74, 6) is 1.47. The summed E-state index contributed by atoms with van der Waals surface area (Å²) in [5.41, 5.74) is 1.19. The molecule has 1 atom stereocenters. The minimum absolute atomic E-state index is 0.593. The van der Waals surface area contributed by atoms with Crippen molar-refractivity contribution in [1.29, 1.82) is 0 Å². The fourth-order valence-corrected chi connectivity index (χ4v) is 1.81. The van der Waals surface area contributed by atoms with Crippen molar-refractivity contribution in [3.63, 3.8) is 0 Å². The van der Waals surface area contributed by atoms with Gasteiger partial charge >= 0.3 is 0 Å². The number of rotatable bonds is 1. The van der Waals surface area contributed by atoms with Gasteiger partial charge in [0.15, 0.2) is 0 Å². The Hall–Kier alpha value is -0.960. The van der Waals surface area contributed by atoms with Crippen LogP contribution in [-0.2, 0) is 0 Å². The molecule has 3 heteroatoms. The van der Waals surface area contributed by atoms with Crippen molar-refractivity contribution in [3.8, 4) is 0 Å². The van der Waals surface area contributed by atoms with E-state index in [4.69, 9.17) is 0 Å². The molecule has 1 aromatic rings. The fraction of sp³-hybridized carbons (Fsp3) is 0.600. The van der Waals surface area contributed by atoms with Gasteiger partial charge in [-0.25, -0.2) is 9.97 Å². The molecule has 1 aliphatic heterocycles. The van der Waals surface area contributed by atoms with E-state index in [0.717, 1.165) is 18.9 Å². The molecule has 70 valence electrons. The van der Waals surface area contributed by atoms with E-state index in [1.165, 1.54) is 18.5 Å². The SMILES string of the molecule is Cc1nccc(C2CCCNC2)n1. The molecule has 13 heavy (non-hydrogen) atoms. The molecule has 1 aliphatic rings. The van der Waals surface area contributed by atoms with Gasteiger partial charge in [-0.3, -0.25) is 0 Å². The van der Waals surface area contributed by atoms with Gasteiger partial charge in [0.1, 0.15) is 5.82 Å². The Labute approximate surface area is 78.6 Å². The van der Waals surface area contributed by atoms with Crippen LogP contribution in [0.2, 0.25) is 0 Å². The van der Waals surface area contributed by atoms with Crippen molar-refractivity contribution >= 4 is 0 Å². The summed E-state index contributed by atoms with van der Waals surface area (Å²) in [5, 5.41) is 3.39. The van der Waals surface area contributed by atoms with E-state index in [1.807, 2.05) is 19.2 Å². The lowest BCUT2D eigenvalue weighted by molar-refractivity contribution is 0.453. The number of aryl methyl sites for hydroxylation is 1. The van der Waals surface area contributed by atoms with Crippen LogP contribution in [0.3, 0.4) is 0 Å². The summed E-state index contributed by atoms with van der Waals surface area (Å²) in [7, 11) is 0. The normalized spacial score (nSPS) is 23.0. The molecule has 0 saturated carbocycles. The molecule has 2 heterocycles. The van der Waals surface area contributed by atoms with Gasteiger partial charge in [0.25, 0.3) is 0 Å². The predicted octanol–water partition coefficient (Wildman–Crippen LogP) is 1.25. The quantitative estimate of drug-likeness (QED) is 0.701. The highest BCUT2D eigenvalue weighted by Gasteiger charge is 2.15. The van der Waals surface area contributed by atoms with Crippen LogP contribution in [0.4, 0.5) is 0 Å². The molecular weight excluding hydrogens is 162 g/mol. The predicted molar refractivity (Wildman–Crippen MR) is 51.6 cm³/mol. The molecule has 2 rings (SSSR count). The van der Waals surface area contributed by atoms with Gasteiger partial charge in [-0.05, 0) is 32.4 Å². The zero-order valence-corrected chi connectivity index (χ0v) is 7.95. The lowest BCUT2D eigenvalue weighted by Gasteiger charge is -2.22. The van der Waals surface area contributed by atoms with Gasteiger partial charge in [-0.2, -0.15) is 0 Å². The van der Waals surface area contributed by atoms with Crippen LogP contribution < -0.4 is 5.32 Å². The van der Waals surface area contributed by atoms with E-state index in [1.54, 1.807) is 0 Å². The second-order valence-electron chi connectivity index (χ2n) is 3.57. The number of nitrogens with zero attached hydrogens (tertiary/aromatic N) is 2. The van der Waals surface area contributed by atoms with Crippen LogP contribution in [0.5, 0.6) is 0 Å². The third kappa shape index (κ3) is 2.04. The lowest BCUT2D eigenvalue weighted by Crippen LogP contribution is -2.28. The summed E-state index contributed by atoms with van der Waals surface area (Å²) in [4.78, 5) is 8.55. The maximum Gasteiger partial charge on any atom is 0.125 e. The Kier molecular flexibility index (Phi) is 2.54. The van der Waals surface area contributed by atoms with Crippen LogP contribution in [0, 0.1) is 6.92 Å². The number of hydrogen-bond acceptors (Lipinski definition) is 3. The standard InChI is InChI=1S/C10H15N3/c1-8-12-6-4-10(13-8)9-3-2-5-11-7-9/h4,6,9,11H,2-3,5,7H2,1H3. The van der Waals surface area contributed by atoms with E-state index < -0.39 is 0 Å². The van der Waals surface area contributed by atoms with Gasteiger partial charge in [-0.15, -0.1) is 0 Å². The van der Waals surface area contributed by atoms with E-state index >= 15 is 0 Å². The Morgan fingerprint density at radius 2 is 2.46 bits per heavy atom. The van der Waals surface area contributed by atoms with E-state index in [0.29, 0.717) is 5.92 Å². The van der Waals surface area contributed by atoms with Crippen molar-refractivity contribution in [2.24, 2.45) is 0 Å². The fourth-order valence-electron chi connectivity index (χ4n) is 1.81. The summed E-state index contributed by atoms with van der Waals surface area (Å²) in [6.45, 7) is 4.16. The first-order valence-corrected chi connectivity index (χ1v) is 4.86. The highest BCUT2D eigenvalue weighted by atomic mass is 14.9. The highest BCUT2D eigenvalue weighted by molar-refractivity contribution is 5.09. The topological polar surface area (TPSA) is 37.8 Å². The molecule has 0 bridgehead atoms. The van der Waals surface area contributed by atoms with Gasteiger partial charge in [0, 0.05) is 24.4 Å². The molecule has 0 amide bonds. The van der Waals surface area contributed by atoms with E-state index in [-0.39, 0.29) is 0 Å². The van der Waals surface area contributed by atoms with Crippen LogP contribution in [0.1, 0.15) is 30.3 Å². The largest absolute Gasteiger partial charge is 0.316 e. The third-order valence-corrected chi connectivity index (χ3v) is 2.51. The summed E-state index contributed by atoms with van der Waals surface area (Å²) in [6.07, 6.45) is 4.36. The van der Waals surface area contributed by atoms with Crippen LogP contribution in [0.15, 0.2) is 12.3 Å². The molecule has 3 nitrogen and oxygen atoms in total. The smallest absolute Gasteiger partial charge is 0.125 e. The second-order valence-corrected chi connectivity index (χ2v) is 3.57. The van der Waals surface area contributed by atoms with Crippen LogP contribution in [0.25, 0.3) is 0 Å². The van der Waals surface area contributed by atoms with Gasteiger partial charge in [0.05, 0.1) is 0 Å². The minimum Gasteiger partial charge on any atom is -0.316 e. The van der Waals surface area contributed by atoms with E-state index in [2.05, 4.69) is 15.3 Å². The van der Waals surface area contributed by atoms with Crippen molar-refractivity contribution in [2.45, 2.75) is 25.7 Å². The van der Waals surface area contributed by atoms with Crippen LogP contribution >= 0.6 is 0 Å². The monoisotopic (exact) mass is 177 g/mol. The average molecular weight is 177 g/mol. The maximum absolute atomic E-state index is 4.45. The number of piperidine rings is 1. The summed E-state index contributed by atoms with van der Waals surface area (Å²) < 4.78 is 0. The Morgan fingerprint density at radius 3 is 3.15 bits per heavy atom. The van der Waals surface area contributed by atoms with Crippen molar-refractivity contribution in [2.75, 3.05) is 13.1 Å². The second kappa shape index (κ2) is 3.83. The van der Waals surface area contributed by atoms with Crippen molar-refractivity contribution < 1.29 is 0 Å². The zero-order chi connectivity index (χ0) is 9.10. The molecule has 0 radical (unpaired) electrons. The highest BCUT2D eigenvalue weighted by Crippen LogP contribution is 2.20. The maximum atomic E-state index is 4.45. The van der Waals surface area contributed by atoms with Crippen molar-refractivity contribution in [1.82, 2.24) is 15.3 Å². The number of aromatic nitrogens is 2. The molecule has 1 saturated heterocycles. The number of nitrogens with one attached hydrogen (secondary N) is 1. The molecule has 1 N–H and O–H groups in total. The number of hydrogen-bond donors (Lipinski definition) is 1. The zero-order valence-electron chi connectivity index (χ0n) is 7.95. The molecule has 1 fully saturated rings. The summed E-state index contributed by atoms with van der Waals surface area (Å²) in [6, 6.07) is 2.03. The minimum atomic E-state index is 0.593. The molecule has 0 spiro atoms. The van der Waals surface area contributed by atoms with Gasteiger partial charge in [-0.1, -0.05) is 0 Å². The molecule has 0 aliphatic carbocycles. The lowest BCUT2D eigenvalue weighted by atomic mass is 9.96. The summed E-state index contributed by atoms with van der Waals surface area (Å²) >= 11 is 0. The molecule has 1 aromatic heterocycles. The molecule has 0 aromatic carbocycles. The first-order valence-electron chi connectivity index (χ1n) is 4.86.